The Morgan fingerprint density at radius 1 is 0.967 bits per heavy atom. The van der Waals surface area contributed by atoms with Crippen LogP contribution in [0.4, 0.5) is 15.3 Å². The molecule has 0 saturated heterocycles. The van der Waals surface area contributed by atoms with Gasteiger partial charge in [-0.1, -0.05) is 11.6 Å². The van der Waals surface area contributed by atoms with Crippen LogP contribution in [-0.4, -0.2) is 38.6 Å². The van der Waals surface area contributed by atoms with Gasteiger partial charge < -0.3 is 9.47 Å². The van der Waals surface area contributed by atoms with Crippen LogP contribution in [0.15, 0.2) is 22.6 Å². The average molecular weight is 459 g/mol. The first kappa shape index (κ1) is 26.1. The largest absolute Gasteiger partial charge is 0.443 e. The van der Waals surface area contributed by atoms with E-state index in [1.165, 1.54) is 24.4 Å². The van der Waals surface area contributed by atoms with Crippen molar-refractivity contribution in [1.82, 2.24) is 0 Å². The Hall–Kier alpha value is -1.93. The SMILES string of the molecule is CC(C)(C)OC(=O)N(C(=O)OC(C)(C)C)c1ccc(Cl)c(/C=N/[S@@](=O)C(C)(C)C)c1. The average Bonchev–Trinajstić information content (AvgIpc) is 2.50. The number of hydrogen-bond donors (Lipinski definition) is 0. The van der Waals surface area contributed by atoms with Crippen LogP contribution in [0.1, 0.15) is 67.9 Å². The highest BCUT2D eigenvalue weighted by molar-refractivity contribution is 7.85. The molecule has 0 radical (unpaired) electrons. The molecule has 0 spiro atoms. The first-order valence-electron chi connectivity index (χ1n) is 9.42. The first-order chi connectivity index (χ1) is 13.4. The lowest BCUT2D eigenvalue weighted by Crippen LogP contribution is -2.43. The van der Waals surface area contributed by atoms with Crippen LogP contribution in [0.5, 0.6) is 0 Å². The lowest BCUT2D eigenvalue weighted by Gasteiger charge is -2.28. The second kappa shape index (κ2) is 9.47. The standard InChI is InChI=1S/C21H31ClN2O5S/c1-19(2,3)28-17(25)24(18(26)29-20(4,5)6)15-10-11-16(22)14(12-15)13-23-30(27)21(7,8)9/h10-13H,1-9H3/b23-13+/t30-/m0/s1. The van der Waals surface area contributed by atoms with Gasteiger partial charge in [0.25, 0.3) is 0 Å². The number of rotatable bonds is 3. The molecule has 0 aliphatic heterocycles. The van der Waals surface area contributed by atoms with Gasteiger partial charge in [-0.15, -0.1) is 0 Å². The summed E-state index contributed by atoms with van der Waals surface area (Å²) in [6.45, 7) is 15.6. The maximum absolute atomic E-state index is 12.8. The number of carbonyl (C=O) groups is 2. The van der Waals surface area contributed by atoms with Gasteiger partial charge in [0.05, 0.1) is 10.4 Å². The molecule has 0 bridgehead atoms. The van der Waals surface area contributed by atoms with Crippen LogP contribution >= 0.6 is 11.6 Å². The zero-order valence-corrected chi connectivity index (χ0v) is 20.6. The molecule has 2 amide bonds. The van der Waals surface area contributed by atoms with E-state index in [2.05, 4.69) is 4.40 Å². The molecule has 9 heteroatoms. The fourth-order valence-corrected chi connectivity index (χ4v) is 2.62. The third-order valence-corrected chi connectivity index (χ3v) is 4.89. The number of carbonyl (C=O) groups excluding carboxylic acids is 2. The molecule has 0 N–H and O–H groups in total. The number of halogens is 1. The summed E-state index contributed by atoms with van der Waals surface area (Å²) >= 11 is 6.23. The molecule has 1 rings (SSSR count). The minimum absolute atomic E-state index is 0.186. The van der Waals surface area contributed by atoms with E-state index in [4.69, 9.17) is 21.1 Å². The maximum Gasteiger partial charge on any atom is 0.424 e. The van der Waals surface area contributed by atoms with Crippen molar-refractivity contribution >= 4 is 46.7 Å². The summed E-state index contributed by atoms with van der Waals surface area (Å²) in [6, 6.07) is 4.49. The zero-order chi connectivity index (χ0) is 23.5. The highest BCUT2D eigenvalue weighted by Crippen LogP contribution is 2.26. The summed E-state index contributed by atoms with van der Waals surface area (Å²) in [5.41, 5.74) is -1.07. The molecule has 0 saturated carbocycles. The van der Waals surface area contributed by atoms with Crippen LogP contribution in [0.25, 0.3) is 0 Å². The highest BCUT2D eigenvalue weighted by Gasteiger charge is 2.33. The number of hydrogen-bond acceptors (Lipinski definition) is 5. The summed E-state index contributed by atoms with van der Waals surface area (Å²) in [5, 5.41) is 0.321. The van der Waals surface area contributed by atoms with E-state index in [9.17, 15) is 13.8 Å². The van der Waals surface area contributed by atoms with Gasteiger partial charge in [0.1, 0.15) is 22.2 Å². The van der Waals surface area contributed by atoms with Gasteiger partial charge in [0, 0.05) is 16.8 Å². The van der Waals surface area contributed by atoms with Crippen molar-refractivity contribution in [3.8, 4) is 0 Å². The van der Waals surface area contributed by atoms with Crippen molar-refractivity contribution < 1.29 is 23.3 Å². The summed E-state index contributed by atoms with van der Waals surface area (Å²) in [6.07, 6.45) is -0.421. The number of amides is 2. The monoisotopic (exact) mass is 458 g/mol. The minimum Gasteiger partial charge on any atom is -0.443 e. The summed E-state index contributed by atoms with van der Waals surface area (Å²) < 4.78 is 26.5. The fraction of sp³-hybridized carbons (Fsp3) is 0.571. The van der Waals surface area contributed by atoms with Crippen LogP contribution in [0.2, 0.25) is 5.02 Å². The normalized spacial score (nSPS) is 13.8. The third kappa shape index (κ3) is 8.44. The van der Waals surface area contributed by atoms with Crippen molar-refractivity contribution in [1.29, 1.82) is 0 Å². The third-order valence-electron chi connectivity index (χ3n) is 3.20. The Morgan fingerprint density at radius 2 is 1.43 bits per heavy atom. The second-order valence-corrected chi connectivity index (χ2v) is 11.9. The molecular formula is C21H31ClN2O5S. The van der Waals surface area contributed by atoms with E-state index in [1.54, 1.807) is 62.3 Å². The van der Waals surface area contributed by atoms with E-state index >= 15 is 0 Å². The topological polar surface area (TPSA) is 85.3 Å². The van der Waals surface area contributed by atoms with Crippen LogP contribution < -0.4 is 4.90 Å². The molecule has 1 aromatic rings. The van der Waals surface area contributed by atoms with E-state index in [0.29, 0.717) is 10.6 Å². The number of imide groups is 1. The van der Waals surface area contributed by atoms with E-state index < -0.39 is 39.1 Å². The Kier molecular flexibility index (Phi) is 8.24. The van der Waals surface area contributed by atoms with Gasteiger partial charge >= 0.3 is 12.2 Å². The summed E-state index contributed by atoms with van der Waals surface area (Å²) in [5.74, 6) is 0. The maximum atomic E-state index is 12.8. The van der Waals surface area contributed by atoms with Crippen molar-refractivity contribution in [2.24, 2.45) is 4.40 Å². The first-order valence-corrected chi connectivity index (χ1v) is 10.9. The van der Waals surface area contributed by atoms with E-state index in [-0.39, 0.29) is 5.69 Å². The molecule has 30 heavy (non-hydrogen) atoms. The molecule has 0 fully saturated rings. The molecule has 1 atom stereocenters. The molecule has 168 valence electrons. The molecule has 1 aromatic carbocycles. The lowest BCUT2D eigenvalue weighted by atomic mass is 10.2. The Balaban J connectivity index is 3.39. The van der Waals surface area contributed by atoms with Gasteiger partial charge in [-0.3, -0.25) is 0 Å². The number of benzene rings is 1. The Morgan fingerprint density at radius 3 is 1.83 bits per heavy atom. The second-order valence-electron chi connectivity index (χ2n) is 9.60. The molecule has 0 aliphatic rings. The molecule has 0 unspecified atom stereocenters. The molecular weight excluding hydrogens is 428 g/mol. The van der Waals surface area contributed by atoms with Crippen molar-refractivity contribution in [2.45, 2.75) is 78.3 Å². The fourth-order valence-electron chi connectivity index (χ4n) is 1.93. The number of anilines is 1. The molecule has 0 heterocycles. The van der Waals surface area contributed by atoms with E-state index in [1.807, 2.05) is 0 Å². The van der Waals surface area contributed by atoms with Gasteiger partial charge in [0.15, 0.2) is 0 Å². The predicted molar refractivity (Wildman–Crippen MR) is 122 cm³/mol. The van der Waals surface area contributed by atoms with Crippen molar-refractivity contribution in [3.63, 3.8) is 0 Å². The van der Waals surface area contributed by atoms with Crippen LogP contribution in [0.3, 0.4) is 0 Å². The number of nitrogens with zero attached hydrogens (tertiary/aromatic N) is 2. The molecule has 7 nitrogen and oxygen atoms in total. The van der Waals surface area contributed by atoms with Gasteiger partial charge in [0.2, 0.25) is 0 Å². The van der Waals surface area contributed by atoms with Crippen LogP contribution in [-0.2, 0) is 20.5 Å². The highest BCUT2D eigenvalue weighted by atomic mass is 35.5. The van der Waals surface area contributed by atoms with Gasteiger partial charge in [-0.2, -0.15) is 9.30 Å². The Labute approximate surface area is 186 Å². The van der Waals surface area contributed by atoms with Crippen molar-refractivity contribution in [3.05, 3.63) is 28.8 Å². The van der Waals surface area contributed by atoms with Gasteiger partial charge in [-0.25, -0.2) is 13.8 Å². The summed E-state index contributed by atoms with van der Waals surface area (Å²) in [7, 11) is -1.49. The zero-order valence-electron chi connectivity index (χ0n) is 19.0. The molecule has 0 aliphatic carbocycles. The van der Waals surface area contributed by atoms with E-state index in [0.717, 1.165) is 4.90 Å². The number of ether oxygens (including phenoxy) is 2. The summed E-state index contributed by atoms with van der Waals surface area (Å²) in [4.78, 5) is 26.3. The van der Waals surface area contributed by atoms with Gasteiger partial charge in [-0.05, 0) is 80.5 Å². The smallest absolute Gasteiger partial charge is 0.424 e. The van der Waals surface area contributed by atoms with Crippen LogP contribution in [0, 0.1) is 0 Å². The minimum atomic E-state index is -1.49. The lowest BCUT2D eigenvalue weighted by molar-refractivity contribution is 0.0430. The Bertz CT molecular complexity index is 820. The quantitative estimate of drug-likeness (QED) is 0.526. The van der Waals surface area contributed by atoms with Crippen molar-refractivity contribution in [2.75, 3.05) is 4.90 Å². The molecule has 0 aromatic heterocycles. The predicted octanol–water partition coefficient (Wildman–Crippen LogP) is 5.90.